The molecule has 2 rings (SSSR count). The lowest BCUT2D eigenvalue weighted by molar-refractivity contribution is 0.264. The molecule has 0 spiro atoms. The molecule has 1 aliphatic heterocycles. The molecule has 1 atom stereocenters. The minimum Gasteiger partial charge on any atom is -0.333 e. The molecule has 0 radical (unpaired) electrons. The number of fused-ring (bicyclic) bond motifs is 1. The first-order valence-electron chi connectivity index (χ1n) is 7.05. The molecule has 0 amide bonds. The van der Waals surface area contributed by atoms with Gasteiger partial charge in [-0.1, -0.05) is 6.92 Å². The van der Waals surface area contributed by atoms with Crippen molar-refractivity contribution in [1.82, 2.24) is 18.8 Å². The summed E-state index contributed by atoms with van der Waals surface area (Å²) in [5.74, 6) is 1.33. The van der Waals surface area contributed by atoms with Gasteiger partial charge in [0.1, 0.15) is 5.82 Å². The molecule has 1 aromatic rings. The van der Waals surface area contributed by atoms with Gasteiger partial charge in [-0.3, -0.25) is 0 Å². The summed E-state index contributed by atoms with van der Waals surface area (Å²) in [4.78, 5) is 6.41. The van der Waals surface area contributed by atoms with Crippen molar-refractivity contribution in [3.8, 4) is 0 Å². The Morgan fingerprint density at radius 2 is 2.15 bits per heavy atom. The zero-order valence-electron chi connectivity index (χ0n) is 12.5. The average Bonchev–Trinajstić information content (AvgIpc) is 2.67. The van der Waals surface area contributed by atoms with E-state index in [-0.39, 0.29) is 11.7 Å². The van der Waals surface area contributed by atoms with Crippen LogP contribution in [0.2, 0.25) is 0 Å². The fraction of sp³-hybridized carbons (Fsp3) is 0.769. The van der Waals surface area contributed by atoms with Gasteiger partial charge in [0.15, 0.2) is 0 Å². The number of imidazole rings is 1. The van der Waals surface area contributed by atoms with Crippen LogP contribution in [-0.4, -0.2) is 60.1 Å². The van der Waals surface area contributed by atoms with Gasteiger partial charge in [-0.25, -0.2) is 13.4 Å². The highest BCUT2D eigenvalue weighted by Crippen LogP contribution is 2.19. The van der Waals surface area contributed by atoms with Gasteiger partial charge < -0.3 is 9.47 Å². The quantitative estimate of drug-likeness (QED) is 0.800. The van der Waals surface area contributed by atoms with Gasteiger partial charge in [0, 0.05) is 37.9 Å². The molecule has 1 aliphatic rings. The molecule has 20 heavy (non-hydrogen) atoms. The molecular formula is C13H24N4O2S. The van der Waals surface area contributed by atoms with Crippen LogP contribution in [0.4, 0.5) is 0 Å². The molecule has 7 heteroatoms. The van der Waals surface area contributed by atoms with E-state index in [0.29, 0.717) is 19.5 Å². The van der Waals surface area contributed by atoms with Crippen LogP contribution >= 0.6 is 0 Å². The molecule has 1 aromatic heterocycles. The van der Waals surface area contributed by atoms with Crippen molar-refractivity contribution in [1.29, 1.82) is 0 Å². The topological polar surface area (TPSA) is 58.4 Å². The van der Waals surface area contributed by atoms with Crippen molar-refractivity contribution in [2.24, 2.45) is 5.92 Å². The molecular weight excluding hydrogens is 276 g/mol. The van der Waals surface area contributed by atoms with E-state index in [1.165, 1.54) is 0 Å². The van der Waals surface area contributed by atoms with Crippen LogP contribution in [0.25, 0.3) is 0 Å². The third-order valence-corrected chi connectivity index (χ3v) is 5.50. The van der Waals surface area contributed by atoms with Crippen LogP contribution in [0.1, 0.15) is 19.2 Å². The minimum atomic E-state index is -3.18. The Labute approximate surface area is 121 Å². The highest BCUT2D eigenvalue weighted by atomic mass is 32.2. The number of nitrogens with zero attached hydrogens (tertiary/aromatic N) is 4. The Kier molecular flexibility index (Phi) is 4.82. The third kappa shape index (κ3) is 3.59. The van der Waals surface area contributed by atoms with Gasteiger partial charge in [-0.15, -0.1) is 0 Å². The van der Waals surface area contributed by atoms with Crippen molar-refractivity contribution in [3.63, 3.8) is 0 Å². The van der Waals surface area contributed by atoms with Crippen molar-refractivity contribution in [2.75, 3.05) is 32.9 Å². The van der Waals surface area contributed by atoms with Gasteiger partial charge in [-0.05, 0) is 20.5 Å². The smallest absolute Gasteiger partial charge is 0.214 e. The van der Waals surface area contributed by atoms with Gasteiger partial charge in [0.25, 0.3) is 0 Å². The predicted octanol–water partition coefficient (Wildman–Crippen LogP) is 0.616. The van der Waals surface area contributed by atoms with Crippen LogP contribution in [0.15, 0.2) is 12.4 Å². The molecule has 114 valence electrons. The zero-order chi connectivity index (χ0) is 14.8. The molecule has 0 saturated heterocycles. The van der Waals surface area contributed by atoms with Crippen LogP contribution in [0, 0.1) is 5.92 Å². The van der Waals surface area contributed by atoms with Crippen LogP contribution < -0.4 is 0 Å². The van der Waals surface area contributed by atoms with Crippen LogP contribution in [-0.2, 0) is 23.1 Å². The average molecular weight is 300 g/mol. The lowest BCUT2D eigenvalue weighted by atomic mass is 10.1. The maximum atomic E-state index is 12.4. The second-order valence-electron chi connectivity index (χ2n) is 5.73. The van der Waals surface area contributed by atoms with E-state index in [1.807, 2.05) is 27.2 Å². The summed E-state index contributed by atoms with van der Waals surface area (Å²) in [5.41, 5.74) is 0. The first-order valence-corrected chi connectivity index (χ1v) is 8.66. The molecule has 0 aromatic carbocycles. The zero-order valence-corrected chi connectivity index (χ0v) is 13.3. The van der Waals surface area contributed by atoms with E-state index in [0.717, 1.165) is 18.9 Å². The van der Waals surface area contributed by atoms with E-state index in [1.54, 1.807) is 10.5 Å². The lowest BCUT2D eigenvalue weighted by Crippen LogP contribution is -2.38. The second kappa shape index (κ2) is 6.24. The monoisotopic (exact) mass is 300 g/mol. The Hall–Kier alpha value is -0.920. The SMILES string of the molecule is CCCS(=O)(=O)N1Cc2nccn2CC(CN(C)C)C1. The molecule has 0 saturated carbocycles. The fourth-order valence-corrected chi connectivity index (χ4v) is 4.26. The number of aromatic nitrogens is 2. The number of rotatable bonds is 5. The summed E-state index contributed by atoms with van der Waals surface area (Å²) in [6.07, 6.45) is 4.33. The lowest BCUT2D eigenvalue weighted by Gasteiger charge is -2.25. The summed E-state index contributed by atoms with van der Waals surface area (Å²) < 4.78 is 28.4. The van der Waals surface area contributed by atoms with Gasteiger partial charge in [0.2, 0.25) is 10.0 Å². The molecule has 1 unspecified atom stereocenters. The van der Waals surface area contributed by atoms with Crippen molar-refractivity contribution < 1.29 is 8.42 Å². The van der Waals surface area contributed by atoms with Gasteiger partial charge in [-0.2, -0.15) is 4.31 Å². The predicted molar refractivity (Wildman–Crippen MR) is 78.8 cm³/mol. The van der Waals surface area contributed by atoms with Crippen LogP contribution in [0.3, 0.4) is 0 Å². The molecule has 0 N–H and O–H groups in total. The Balaban J connectivity index is 2.25. The molecule has 0 fully saturated rings. The minimum absolute atomic E-state index is 0.211. The largest absolute Gasteiger partial charge is 0.333 e. The number of sulfonamides is 1. The molecule has 6 nitrogen and oxygen atoms in total. The summed E-state index contributed by atoms with van der Waals surface area (Å²) >= 11 is 0. The van der Waals surface area contributed by atoms with Gasteiger partial charge in [0.05, 0.1) is 12.3 Å². The van der Waals surface area contributed by atoms with Crippen molar-refractivity contribution >= 4 is 10.0 Å². The third-order valence-electron chi connectivity index (χ3n) is 3.52. The summed E-state index contributed by atoms with van der Waals surface area (Å²) in [7, 11) is 0.852. The number of hydrogen-bond donors (Lipinski definition) is 0. The highest BCUT2D eigenvalue weighted by Gasteiger charge is 2.29. The van der Waals surface area contributed by atoms with Crippen LogP contribution in [0.5, 0.6) is 0 Å². The highest BCUT2D eigenvalue weighted by molar-refractivity contribution is 7.89. The van der Waals surface area contributed by atoms with Gasteiger partial charge >= 0.3 is 0 Å². The Bertz CT molecular complexity index is 538. The molecule has 0 bridgehead atoms. The fourth-order valence-electron chi connectivity index (χ4n) is 2.73. The first-order chi connectivity index (χ1) is 9.42. The van der Waals surface area contributed by atoms with E-state index >= 15 is 0 Å². The standard InChI is InChI=1S/C13H24N4O2S/c1-4-7-20(18,19)17-10-12(8-15(2)3)9-16-6-5-14-13(16)11-17/h5-6,12H,4,7-11H2,1-3H3. The first kappa shape index (κ1) is 15.5. The maximum Gasteiger partial charge on any atom is 0.214 e. The second-order valence-corrected chi connectivity index (χ2v) is 7.82. The van der Waals surface area contributed by atoms with E-state index in [9.17, 15) is 8.42 Å². The summed E-state index contributed by atoms with van der Waals surface area (Å²) in [6, 6.07) is 0. The Morgan fingerprint density at radius 1 is 1.40 bits per heavy atom. The Morgan fingerprint density at radius 3 is 2.80 bits per heavy atom. The number of hydrogen-bond acceptors (Lipinski definition) is 4. The summed E-state index contributed by atoms with van der Waals surface area (Å²) in [5, 5.41) is 0. The normalized spacial score (nSPS) is 20.9. The van der Waals surface area contributed by atoms with Crippen molar-refractivity contribution in [3.05, 3.63) is 18.2 Å². The molecule has 2 heterocycles. The van der Waals surface area contributed by atoms with E-state index < -0.39 is 10.0 Å². The van der Waals surface area contributed by atoms with Crippen molar-refractivity contribution in [2.45, 2.75) is 26.4 Å². The molecule has 0 aliphatic carbocycles. The van der Waals surface area contributed by atoms with E-state index in [4.69, 9.17) is 0 Å². The van der Waals surface area contributed by atoms with E-state index in [2.05, 4.69) is 14.5 Å². The summed E-state index contributed by atoms with van der Waals surface area (Å²) in [6.45, 7) is 4.55. The maximum absolute atomic E-state index is 12.4.